The molecule has 0 fully saturated rings. The van der Waals surface area contributed by atoms with Crippen LogP contribution in [0.15, 0.2) is 48.9 Å². The molecule has 0 aliphatic heterocycles. The monoisotopic (exact) mass is 191 g/mol. The van der Waals surface area contributed by atoms with E-state index in [2.05, 4.69) is 44.1 Å². The lowest BCUT2D eigenvalue weighted by Crippen LogP contribution is -2.27. The van der Waals surface area contributed by atoms with E-state index in [9.17, 15) is 0 Å². The van der Waals surface area contributed by atoms with Gasteiger partial charge in [-0.05, 0) is 27.7 Å². The highest BCUT2D eigenvalue weighted by molar-refractivity contribution is 5.13. The Hall–Kier alpha value is -1.24. The zero-order valence-corrected chi connectivity index (χ0v) is 9.75. The molecule has 0 bridgehead atoms. The van der Waals surface area contributed by atoms with Gasteiger partial charge in [0, 0.05) is 17.4 Å². The lowest BCUT2D eigenvalue weighted by atomic mass is 10.2. The lowest BCUT2D eigenvalue weighted by molar-refractivity contribution is 0.384. The summed E-state index contributed by atoms with van der Waals surface area (Å²) in [6.07, 6.45) is 7.95. The Bertz CT molecular complexity index is 258. The van der Waals surface area contributed by atoms with E-state index >= 15 is 0 Å². The van der Waals surface area contributed by atoms with Gasteiger partial charge in [-0.1, -0.05) is 37.5 Å². The third kappa shape index (κ3) is 3.65. The molecule has 0 heterocycles. The number of allylic oxidation sites excluding steroid dienone is 5. The predicted octanol–water partition coefficient (Wildman–Crippen LogP) is 3.88. The summed E-state index contributed by atoms with van der Waals surface area (Å²) in [5.74, 6) is 0. The molecule has 1 atom stereocenters. The van der Waals surface area contributed by atoms with Crippen molar-refractivity contribution in [2.75, 3.05) is 0 Å². The van der Waals surface area contributed by atoms with Crippen LogP contribution in [0.5, 0.6) is 0 Å². The number of hydrogen-bond acceptors (Lipinski definition) is 1. The lowest BCUT2D eigenvalue weighted by Gasteiger charge is -2.30. The summed E-state index contributed by atoms with van der Waals surface area (Å²) in [6, 6.07) is 0.321. The van der Waals surface area contributed by atoms with Crippen LogP contribution in [-0.4, -0.2) is 10.9 Å². The standard InChI is InChI=1S/C13H21N/c1-7-9-10-13(6)14(11(3)4)12(5)8-2/h7-10,13H,1,3H2,2,4-6H3/b10-9-,12-8+. The van der Waals surface area contributed by atoms with Crippen LogP contribution in [0.3, 0.4) is 0 Å². The van der Waals surface area contributed by atoms with E-state index in [0.29, 0.717) is 6.04 Å². The van der Waals surface area contributed by atoms with Gasteiger partial charge in [0.25, 0.3) is 0 Å². The molecule has 1 nitrogen and oxygen atoms in total. The van der Waals surface area contributed by atoms with Gasteiger partial charge in [-0.2, -0.15) is 0 Å². The molecule has 0 aliphatic carbocycles. The van der Waals surface area contributed by atoms with Crippen molar-refractivity contribution < 1.29 is 0 Å². The maximum Gasteiger partial charge on any atom is 0.0490 e. The maximum absolute atomic E-state index is 3.98. The van der Waals surface area contributed by atoms with Crippen molar-refractivity contribution in [1.82, 2.24) is 4.90 Å². The summed E-state index contributed by atoms with van der Waals surface area (Å²) in [4.78, 5) is 2.19. The SMILES string of the molecule is C=C/C=C\C(C)N(C(=C)C)/C(C)=C/C. The largest absolute Gasteiger partial charge is 0.344 e. The van der Waals surface area contributed by atoms with E-state index in [1.165, 1.54) is 5.70 Å². The molecule has 14 heavy (non-hydrogen) atoms. The number of nitrogens with zero attached hydrogens (tertiary/aromatic N) is 1. The summed E-state index contributed by atoms with van der Waals surface area (Å²) in [6.45, 7) is 15.9. The van der Waals surface area contributed by atoms with Gasteiger partial charge in [0.15, 0.2) is 0 Å². The van der Waals surface area contributed by atoms with Crippen molar-refractivity contribution >= 4 is 0 Å². The van der Waals surface area contributed by atoms with Crippen molar-refractivity contribution in [3.63, 3.8) is 0 Å². The van der Waals surface area contributed by atoms with Crippen LogP contribution < -0.4 is 0 Å². The van der Waals surface area contributed by atoms with Crippen molar-refractivity contribution in [1.29, 1.82) is 0 Å². The van der Waals surface area contributed by atoms with E-state index in [-0.39, 0.29) is 0 Å². The van der Waals surface area contributed by atoms with E-state index in [1.807, 2.05) is 19.9 Å². The van der Waals surface area contributed by atoms with Gasteiger partial charge >= 0.3 is 0 Å². The van der Waals surface area contributed by atoms with Crippen molar-refractivity contribution in [3.05, 3.63) is 48.9 Å². The van der Waals surface area contributed by atoms with E-state index in [1.54, 1.807) is 6.08 Å². The fourth-order valence-electron chi connectivity index (χ4n) is 1.43. The first-order chi connectivity index (χ1) is 6.54. The first kappa shape index (κ1) is 12.8. The van der Waals surface area contributed by atoms with Gasteiger partial charge in [-0.15, -0.1) is 0 Å². The summed E-state index contributed by atoms with van der Waals surface area (Å²) in [7, 11) is 0. The van der Waals surface area contributed by atoms with Crippen LogP contribution >= 0.6 is 0 Å². The van der Waals surface area contributed by atoms with E-state index in [4.69, 9.17) is 0 Å². The molecule has 0 aromatic carbocycles. The molecule has 0 spiro atoms. The Morgan fingerprint density at radius 2 is 1.93 bits per heavy atom. The Morgan fingerprint density at radius 1 is 1.36 bits per heavy atom. The van der Waals surface area contributed by atoms with Crippen molar-refractivity contribution in [2.24, 2.45) is 0 Å². The molecular formula is C13H21N. The second-order valence-electron chi connectivity index (χ2n) is 3.40. The van der Waals surface area contributed by atoms with Crippen LogP contribution in [0.2, 0.25) is 0 Å². The highest BCUT2D eigenvalue weighted by Gasteiger charge is 2.10. The molecule has 0 rings (SSSR count). The Balaban J connectivity index is 4.74. The normalized spacial score (nSPS) is 14.1. The minimum Gasteiger partial charge on any atom is -0.344 e. The van der Waals surface area contributed by atoms with Gasteiger partial charge < -0.3 is 4.90 Å². The molecule has 0 amide bonds. The summed E-state index contributed by atoms with van der Waals surface area (Å²) < 4.78 is 0. The Labute approximate surface area is 88.1 Å². The smallest absolute Gasteiger partial charge is 0.0490 e. The highest BCUT2D eigenvalue weighted by atomic mass is 15.2. The first-order valence-electron chi connectivity index (χ1n) is 4.91. The molecule has 0 aromatic rings. The Morgan fingerprint density at radius 3 is 2.29 bits per heavy atom. The summed E-state index contributed by atoms with van der Waals surface area (Å²) in [5.41, 5.74) is 2.28. The molecule has 1 unspecified atom stereocenters. The predicted molar refractivity (Wildman–Crippen MR) is 64.9 cm³/mol. The number of hydrogen-bond donors (Lipinski definition) is 0. The molecule has 0 saturated carbocycles. The second-order valence-corrected chi connectivity index (χ2v) is 3.40. The molecule has 0 radical (unpaired) electrons. The number of rotatable bonds is 5. The maximum atomic E-state index is 3.98. The third-order valence-corrected chi connectivity index (χ3v) is 2.14. The molecule has 78 valence electrons. The molecule has 0 aromatic heterocycles. The topological polar surface area (TPSA) is 3.24 Å². The molecular weight excluding hydrogens is 170 g/mol. The average Bonchev–Trinajstić information content (AvgIpc) is 2.14. The minimum atomic E-state index is 0.321. The molecule has 0 N–H and O–H groups in total. The van der Waals surface area contributed by atoms with Gasteiger partial charge in [-0.3, -0.25) is 0 Å². The minimum absolute atomic E-state index is 0.321. The van der Waals surface area contributed by atoms with E-state index < -0.39 is 0 Å². The Kier molecular flexibility index (Phi) is 5.70. The quantitative estimate of drug-likeness (QED) is 0.596. The average molecular weight is 191 g/mol. The van der Waals surface area contributed by atoms with Crippen LogP contribution in [0, 0.1) is 0 Å². The zero-order chi connectivity index (χ0) is 11.1. The second kappa shape index (κ2) is 6.25. The van der Waals surface area contributed by atoms with Gasteiger partial charge in [0.1, 0.15) is 0 Å². The summed E-state index contributed by atoms with van der Waals surface area (Å²) >= 11 is 0. The van der Waals surface area contributed by atoms with Gasteiger partial charge in [0.2, 0.25) is 0 Å². The highest BCUT2D eigenvalue weighted by Crippen LogP contribution is 2.16. The fraction of sp³-hybridized carbons (Fsp3) is 0.385. The fourth-order valence-corrected chi connectivity index (χ4v) is 1.43. The van der Waals surface area contributed by atoms with Crippen LogP contribution in [0.4, 0.5) is 0 Å². The van der Waals surface area contributed by atoms with Crippen LogP contribution in [0.25, 0.3) is 0 Å². The summed E-state index contributed by atoms with van der Waals surface area (Å²) in [5, 5.41) is 0. The molecule has 0 saturated heterocycles. The van der Waals surface area contributed by atoms with Gasteiger partial charge in [-0.25, -0.2) is 0 Å². The first-order valence-corrected chi connectivity index (χ1v) is 4.91. The molecule has 1 heteroatoms. The van der Waals surface area contributed by atoms with Crippen LogP contribution in [-0.2, 0) is 0 Å². The molecule has 0 aliphatic rings. The van der Waals surface area contributed by atoms with Gasteiger partial charge in [0.05, 0.1) is 0 Å². The van der Waals surface area contributed by atoms with Crippen LogP contribution in [0.1, 0.15) is 27.7 Å². The van der Waals surface area contributed by atoms with Crippen molar-refractivity contribution in [3.8, 4) is 0 Å². The van der Waals surface area contributed by atoms with E-state index in [0.717, 1.165) is 5.70 Å². The van der Waals surface area contributed by atoms with Crippen molar-refractivity contribution in [2.45, 2.75) is 33.7 Å². The zero-order valence-electron chi connectivity index (χ0n) is 9.75. The third-order valence-electron chi connectivity index (χ3n) is 2.14.